The second kappa shape index (κ2) is 9.04. The SMILES string of the molecule is O=C(/C=C/c1cccc(-c2ccc(C(=O)C(F)(F)F)s2)c1)NCc1ccc(F)cc1. The molecule has 3 rings (SSSR count). The Morgan fingerprint density at radius 1 is 1.00 bits per heavy atom. The van der Waals surface area contributed by atoms with Crippen LogP contribution in [-0.4, -0.2) is 17.9 Å². The first-order valence-electron chi connectivity index (χ1n) is 8.74. The summed E-state index contributed by atoms with van der Waals surface area (Å²) in [5, 5.41) is 2.67. The number of carbonyl (C=O) groups excluding carboxylic acids is 2. The molecule has 2 aromatic carbocycles. The van der Waals surface area contributed by atoms with Crippen LogP contribution in [0.2, 0.25) is 0 Å². The van der Waals surface area contributed by atoms with Crippen molar-refractivity contribution in [1.29, 1.82) is 0 Å². The molecule has 0 spiro atoms. The lowest BCUT2D eigenvalue weighted by molar-refractivity contribution is -0.116. The molecule has 0 aliphatic heterocycles. The molecule has 0 bridgehead atoms. The Bertz CT molecular complexity index is 1090. The van der Waals surface area contributed by atoms with E-state index in [2.05, 4.69) is 5.32 Å². The number of halogens is 4. The number of amides is 1. The van der Waals surface area contributed by atoms with E-state index in [9.17, 15) is 27.2 Å². The molecule has 3 nitrogen and oxygen atoms in total. The van der Waals surface area contributed by atoms with Crippen LogP contribution in [0, 0.1) is 5.82 Å². The highest BCUT2D eigenvalue weighted by atomic mass is 32.1. The number of Topliss-reactive ketones (excluding diaryl/α,β-unsaturated/α-hetero) is 1. The summed E-state index contributed by atoms with van der Waals surface area (Å²) in [6, 6.07) is 15.2. The van der Waals surface area contributed by atoms with Crippen LogP contribution in [0.4, 0.5) is 17.6 Å². The van der Waals surface area contributed by atoms with Crippen LogP contribution < -0.4 is 5.32 Å². The molecule has 154 valence electrons. The van der Waals surface area contributed by atoms with Crippen LogP contribution in [0.15, 0.2) is 66.7 Å². The number of nitrogens with one attached hydrogen (secondary N) is 1. The standard InChI is InChI=1S/C22H15F4NO2S/c23-17-7-4-15(5-8-17)13-27-20(28)11-6-14-2-1-3-16(12-14)18-9-10-19(30-18)21(29)22(24,25)26/h1-12H,13H2,(H,27,28)/b11-6+. The fourth-order valence-electron chi connectivity index (χ4n) is 2.57. The lowest BCUT2D eigenvalue weighted by atomic mass is 10.1. The minimum atomic E-state index is -4.91. The van der Waals surface area contributed by atoms with E-state index in [-0.39, 0.29) is 23.1 Å². The zero-order chi connectivity index (χ0) is 21.7. The maximum Gasteiger partial charge on any atom is 0.455 e. The monoisotopic (exact) mass is 433 g/mol. The molecule has 0 atom stereocenters. The number of hydrogen-bond donors (Lipinski definition) is 1. The van der Waals surface area contributed by atoms with Gasteiger partial charge in [-0.1, -0.05) is 30.3 Å². The third-order valence-corrected chi connectivity index (χ3v) is 5.20. The van der Waals surface area contributed by atoms with Crippen molar-refractivity contribution in [2.45, 2.75) is 12.7 Å². The predicted octanol–water partition coefficient (Wildman–Crippen LogP) is 5.63. The third kappa shape index (κ3) is 5.64. The van der Waals surface area contributed by atoms with Gasteiger partial charge >= 0.3 is 6.18 Å². The van der Waals surface area contributed by atoms with Crippen molar-refractivity contribution in [3.63, 3.8) is 0 Å². The van der Waals surface area contributed by atoms with Gasteiger partial charge in [-0.15, -0.1) is 11.3 Å². The molecule has 0 saturated heterocycles. The Balaban J connectivity index is 1.65. The van der Waals surface area contributed by atoms with Crippen molar-refractivity contribution >= 4 is 29.1 Å². The summed E-state index contributed by atoms with van der Waals surface area (Å²) < 4.78 is 50.6. The number of ketones is 1. The van der Waals surface area contributed by atoms with Gasteiger partial charge in [0.2, 0.25) is 5.91 Å². The summed E-state index contributed by atoms with van der Waals surface area (Å²) >= 11 is 0.761. The maximum absolute atomic E-state index is 12.9. The smallest absolute Gasteiger partial charge is 0.348 e. The third-order valence-electron chi connectivity index (χ3n) is 4.07. The van der Waals surface area contributed by atoms with E-state index in [1.54, 1.807) is 42.5 Å². The summed E-state index contributed by atoms with van der Waals surface area (Å²) in [5.41, 5.74) is 2.05. The van der Waals surface area contributed by atoms with E-state index in [1.807, 2.05) is 0 Å². The number of carbonyl (C=O) groups is 2. The van der Waals surface area contributed by atoms with Crippen molar-refractivity contribution in [3.05, 3.63) is 88.6 Å². The lowest BCUT2D eigenvalue weighted by Crippen LogP contribution is -2.21. The van der Waals surface area contributed by atoms with Crippen LogP contribution in [0.25, 0.3) is 16.5 Å². The van der Waals surface area contributed by atoms with Gasteiger partial charge in [0.05, 0.1) is 4.88 Å². The van der Waals surface area contributed by atoms with Crippen molar-refractivity contribution in [2.24, 2.45) is 0 Å². The van der Waals surface area contributed by atoms with Crippen LogP contribution in [0.1, 0.15) is 20.8 Å². The number of rotatable bonds is 6. The maximum atomic E-state index is 12.9. The normalized spacial score (nSPS) is 11.6. The Kier molecular flexibility index (Phi) is 6.47. The van der Waals surface area contributed by atoms with Gasteiger partial charge in [0, 0.05) is 17.5 Å². The average Bonchev–Trinajstić information content (AvgIpc) is 3.21. The Hall–Kier alpha value is -3.26. The second-order valence-corrected chi connectivity index (χ2v) is 7.38. The Morgan fingerprint density at radius 2 is 1.73 bits per heavy atom. The topological polar surface area (TPSA) is 46.2 Å². The second-order valence-electron chi connectivity index (χ2n) is 6.29. The molecule has 1 amide bonds. The number of benzene rings is 2. The molecule has 0 aliphatic carbocycles. The molecule has 0 unspecified atom stereocenters. The quantitative estimate of drug-likeness (QED) is 0.311. The minimum absolute atomic E-state index is 0.245. The van der Waals surface area contributed by atoms with Gasteiger partial charge in [0.1, 0.15) is 5.82 Å². The van der Waals surface area contributed by atoms with E-state index in [0.29, 0.717) is 16.0 Å². The highest BCUT2D eigenvalue weighted by molar-refractivity contribution is 7.17. The van der Waals surface area contributed by atoms with Gasteiger partial charge in [0.15, 0.2) is 0 Å². The highest BCUT2D eigenvalue weighted by Crippen LogP contribution is 2.32. The van der Waals surface area contributed by atoms with E-state index in [0.717, 1.165) is 23.0 Å². The first kappa shape index (κ1) is 21.4. The van der Waals surface area contributed by atoms with Crippen molar-refractivity contribution in [2.75, 3.05) is 0 Å². The summed E-state index contributed by atoms with van der Waals surface area (Å²) in [6.45, 7) is 0.245. The van der Waals surface area contributed by atoms with E-state index >= 15 is 0 Å². The van der Waals surface area contributed by atoms with Gasteiger partial charge in [-0.2, -0.15) is 13.2 Å². The summed E-state index contributed by atoms with van der Waals surface area (Å²) in [4.78, 5) is 23.5. The van der Waals surface area contributed by atoms with Crippen molar-refractivity contribution in [1.82, 2.24) is 5.32 Å². The molecule has 1 heterocycles. The average molecular weight is 433 g/mol. The molecule has 30 heavy (non-hydrogen) atoms. The zero-order valence-electron chi connectivity index (χ0n) is 15.4. The Labute approximate surface area is 173 Å². The lowest BCUT2D eigenvalue weighted by Gasteiger charge is -2.03. The molecule has 8 heteroatoms. The molecular weight excluding hydrogens is 418 g/mol. The predicted molar refractivity (Wildman–Crippen MR) is 107 cm³/mol. The van der Waals surface area contributed by atoms with E-state index in [4.69, 9.17) is 0 Å². The molecule has 0 fully saturated rings. The summed E-state index contributed by atoms with van der Waals surface area (Å²) in [7, 11) is 0. The molecule has 0 aliphatic rings. The summed E-state index contributed by atoms with van der Waals surface area (Å²) in [5.74, 6) is -2.57. The summed E-state index contributed by atoms with van der Waals surface area (Å²) in [6.07, 6.45) is -2.01. The van der Waals surface area contributed by atoms with Crippen LogP contribution in [-0.2, 0) is 11.3 Å². The zero-order valence-corrected chi connectivity index (χ0v) is 16.2. The molecule has 0 saturated carbocycles. The highest BCUT2D eigenvalue weighted by Gasteiger charge is 2.40. The van der Waals surface area contributed by atoms with Gasteiger partial charge in [-0.05, 0) is 53.1 Å². The van der Waals surface area contributed by atoms with Gasteiger partial charge in [-0.3, -0.25) is 9.59 Å². The fraction of sp³-hybridized carbons (Fsp3) is 0.0909. The molecule has 0 radical (unpaired) electrons. The van der Waals surface area contributed by atoms with Crippen molar-refractivity contribution < 1.29 is 27.2 Å². The first-order chi connectivity index (χ1) is 14.2. The Morgan fingerprint density at radius 3 is 2.43 bits per heavy atom. The van der Waals surface area contributed by atoms with E-state index < -0.39 is 12.0 Å². The first-order valence-corrected chi connectivity index (χ1v) is 9.56. The van der Waals surface area contributed by atoms with Crippen LogP contribution >= 0.6 is 11.3 Å². The fourth-order valence-corrected chi connectivity index (χ4v) is 3.53. The van der Waals surface area contributed by atoms with E-state index in [1.165, 1.54) is 24.3 Å². The molecule has 1 N–H and O–H groups in total. The van der Waals surface area contributed by atoms with Gasteiger partial charge in [0.25, 0.3) is 5.78 Å². The molecular formula is C22H15F4NO2S. The number of thiophene rings is 1. The number of alkyl halides is 3. The number of hydrogen-bond acceptors (Lipinski definition) is 3. The minimum Gasteiger partial charge on any atom is -0.348 e. The van der Waals surface area contributed by atoms with Gasteiger partial charge in [-0.25, -0.2) is 4.39 Å². The van der Waals surface area contributed by atoms with Gasteiger partial charge < -0.3 is 5.32 Å². The molecule has 3 aromatic rings. The van der Waals surface area contributed by atoms with Crippen LogP contribution in [0.3, 0.4) is 0 Å². The van der Waals surface area contributed by atoms with Crippen LogP contribution in [0.5, 0.6) is 0 Å². The largest absolute Gasteiger partial charge is 0.455 e. The molecule has 1 aromatic heterocycles. The van der Waals surface area contributed by atoms with Crippen molar-refractivity contribution in [3.8, 4) is 10.4 Å².